The molecule has 0 aliphatic heterocycles. The first-order valence-electron chi connectivity index (χ1n) is 13.7. The fourth-order valence-electron chi connectivity index (χ4n) is 4.67. The average Bonchev–Trinajstić information content (AvgIpc) is 3.37. The number of carbonyl (C=O) groups is 3. The monoisotopic (exact) mass is 553 g/mol. The number of rotatable bonds is 15. The third kappa shape index (κ3) is 9.92. The maximum Gasteiger partial charge on any atom is 0.263 e. The number of nitrogens with zero attached hydrogens (tertiary/aromatic N) is 3. The van der Waals surface area contributed by atoms with Crippen LogP contribution in [0, 0.1) is 0 Å². The normalized spacial score (nSPS) is 15.7. The first kappa shape index (κ1) is 30.5. The van der Waals surface area contributed by atoms with E-state index in [1.54, 1.807) is 5.94 Å². The smallest absolute Gasteiger partial charge is 0.263 e. The van der Waals surface area contributed by atoms with Gasteiger partial charge in [0.15, 0.2) is 5.82 Å². The van der Waals surface area contributed by atoms with Gasteiger partial charge < -0.3 is 22.1 Å². The lowest BCUT2D eigenvalue weighted by Gasteiger charge is -2.28. The molecule has 13 heteroatoms. The number of benzene rings is 1. The number of nitrogens with two attached hydrogens (primary N) is 2. The molecule has 0 bridgehead atoms. The van der Waals surface area contributed by atoms with Crippen LogP contribution in [-0.4, -0.2) is 69.5 Å². The Morgan fingerprint density at radius 1 is 1.02 bits per heavy atom. The Hall–Kier alpha value is -4.06. The predicted molar refractivity (Wildman–Crippen MR) is 150 cm³/mol. The van der Waals surface area contributed by atoms with Gasteiger partial charge in [0, 0.05) is 18.5 Å². The standard InChI is InChI=1S/C27H39N9O4/c28-15-8-7-13-21(31-26(39)22(14-16-37)30-20-11-5-2-6-12-20)25(38)32-23(17-19-9-3-1-4-10-19)27(40)34-36-18-24(29)33-35-36/h1,3-4,9-10,14,18,20-23,30H,2,5-8,11-13,15,17,28-29H2,(H,31,39)(H,32,38)(H,34,40)/t21-,22-,23-/m0/s1. The van der Waals surface area contributed by atoms with E-state index >= 15 is 0 Å². The molecule has 3 rings (SSSR count). The van der Waals surface area contributed by atoms with Crippen LogP contribution in [0.3, 0.4) is 0 Å². The molecule has 1 saturated carbocycles. The molecule has 1 heterocycles. The van der Waals surface area contributed by atoms with E-state index in [9.17, 15) is 19.2 Å². The third-order valence-electron chi connectivity index (χ3n) is 6.77. The molecular formula is C27H39N9O4. The number of amides is 3. The van der Waals surface area contributed by atoms with E-state index < -0.39 is 35.8 Å². The Labute approximate surface area is 233 Å². The van der Waals surface area contributed by atoms with Crippen molar-refractivity contribution in [2.75, 3.05) is 17.7 Å². The summed E-state index contributed by atoms with van der Waals surface area (Å²) in [6, 6.07) is 6.42. The van der Waals surface area contributed by atoms with Crippen LogP contribution in [0.15, 0.2) is 42.6 Å². The lowest BCUT2D eigenvalue weighted by Crippen LogP contribution is -2.57. The first-order chi connectivity index (χ1) is 19.4. The van der Waals surface area contributed by atoms with Crippen molar-refractivity contribution in [2.24, 2.45) is 5.73 Å². The van der Waals surface area contributed by atoms with Crippen LogP contribution in [0.2, 0.25) is 0 Å². The van der Waals surface area contributed by atoms with Crippen molar-refractivity contribution in [3.8, 4) is 0 Å². The minimum atomic E-state index is -1.000. The van der Waals surface area contributed by atoms with E-state index in [-0.39, 0.29) is 18.3 Å². The largest absolute Gasteiger partial charge is 0.381 e. The average molecular weight is 554 g/mol. The number of carbonyl (C=O) groups excluding carboxylic acids is 4. The van der Waals surface area contributed by atoms with Crippen LogP contribution in [0.1, 0.15) is 56.9 Å². The van der Waals surface area contributed by atoms with Gasteiger partial charge in [-0.15, -0.1) is 5.10 Å². The van der Waals surface area contributed by atoms with Crippen LogP contribution in [0.5, 0.6) is 0 Å². The molecule has 8 N–H and O–H groups in total. The molecule has 1 aromatic heterocycles. The molecule has 0 spiro atoms. The van der Waals surface area contributed by atoms with Gasteiger partial charge in [0.25, 0.3) is 5.91 Å². The molecule has 0 saturated heterocycles. The summed E-state index contributed by atoms with van der Waals surface area (Å²) in [6.45, 7) is 0.433. The van der Waals surface area contributed by atoms with Crippen LogP contribution in [0.25, 0.3) is 0 Å². The van der Waals surface area contributed by atoms with E-state index in [4.69, 9.17) is 11.5 Å². The molecule has 3 amide bonds. The number of hydrogen-bond donors (Lipinski definition) is 6. The van der Waals surface area contributed by atoms with Gasteiger partial charge in [-0.05, 0) is 49.4 Å². The number of nitrogens with one attached hydrogen (secondary N) is 4. The van der Waals surface area contributed by atoms with E-state index in [0.717, 1.165) is 48.5 Å². The molecular weight excluding hydrogens is 514 g/mol. The highest BCUT2D eigenvalue weighted by molar-refractivity contribution is 5.96. The van der Waals surface area contributed by atoms with Gasteiger partial charge >= 0.3 is 0 Å². The Morgan fingerprint density at radius 3 is 2.40 bits per heavy atom. The van der Waals surface area contributed by atoms with Crippen LogP contribution in [0.4, 0.5) is 5.82 Å². The first-order valence-corrected chi connectivity index (χ1v) is 13.7. The van der Waals surface area contributed by atoms with E-state index in [1.165, 1.54) is 6.20 Å². The second-order valence-corrected chi connectivity index (χ2v) is 9.92. The molecule has 0 unspecified atom stereocenters. The maximum atomic E-state index is 13.5. The summed E-state index contributed by atoms with van der Waals surface area (Å²) >= 11 is 0. The lowest BCUT2D eigenvalue weighted by molar-refractivity contribution is -0.131. The van der Waals surface area contributed by atoms with Crippen molar-refractivity contribution in [3.63, 3.8) is 0 Å². The molecule has 1 aliphatic rings. The van der Waals surface area contributed by atoms with Gasteiger partial charge in [0.05, 0.1) is 6.20 Å². The summed E-state index contributed by atoms with van der Waals surface area (Å²) in [5, 5.41) is 16.1. The number of aromatic nitrogens is 3. The fraction of sp³-hybridized carbons (Fsp3) is 0.519. The summed E-state index contributed by atoms with van der Waals surface area (Å²) in [6.07, 6.45) is 9.23. The minimum Gasteiger partial charge on any atom is -0.381 e. The predicted octanol–water partition coefficient (Wildman–Crippen LogP) is -0.0496. The molecule has 0 radical (unpaired) electrons. The van der Waals surface area contributed by atoms with Gasteiger partial charge in [0.2, 0.25) is 11.8 Å². The molecule has 1 aliphatic carbocycles. The van der Waals surface area contributed by atoms with Crippen LogP contribution in [-0.2, 0) is 25.6 Å². The summed E-state index contributed by atoms with van der Waals surface area (Å²) in [7, 11) is 0. The van der Waals surface area contributed by atoms with Crippen LogP contribution < -0.4 is 32.8 Å². The number of hydrogen-bond acceptors (Lipinski definition) is 9. The lowest BCUT2D eigenvalue weighted by atomic mass is 9.94. The van der Waals surface area contributed by atoms with Gasteiger partial charge in [0.1, 0.15) is 24.1 Å². The fourth-order valence-corrected chi connectivity index (χ4v) is 4.67. The molecule has 1 aromatic carbocycles. The zero-order valence-electron chi connectivity index (χ0n) is 22.6. The number of anilines is 1. The Morgan fingerprint density at radius 2 is 1.75 bits per heavy atom. The molecule has 3 atom stereocenters. The minimum absolute atomic E-state index is 0.100. The number of unbranched alkanes of at least 4 members (excludes halogenated alkanes) is 1. The molecule has 2 aromatic rings. The molecule has 1 fully saturated rings. The Balaban J connectivity index is 1.74. The maximum absolute atomic E-state index is 13.5. The van der Waals surface area contributed by atoms with E-state index in [2.05, 4.69) is 31.7 Å². The summed E-state index contributed by atoms with van der Waals surface area (Å²) < 4.78 is 0. The van der Waals surface area contributed by atoms with Crippen molar-refractivity contribution in [1.82, 2.24) is 31.1 Å². The van der Waals surface area contributed by atoms with Gasteiger partial charge in [-0.3, -0.25) is 19.7 Å². The highest BCUT2D eigenvalue weighted by Gasteiger charge is 2.30. The van der Waals surface area contributed by atoms with Gasteiger partial charge in [-0.25, -0.2) is 10.2 Å². The van der Waals surface area contributed by atoms with E-state index in [1.807, 2.05) is 30.3 Å². The van der Waals surface area contributed by atoms with Crippen molar-refractivity contribution in [3.05, 3.63) is 48.2 Å². The molecule has 40 heavy (non-hydrogen) atoms. The Bertz CT molecular complexity index is 1140. The molecule has 13 nitrogen and oxygen atoms in total. The quantitative estimate of drug-likeness (QED) is 0.129. The second-order valence-electron chi connectivity index (χ2n) is 9.92. The number of nitrogen functional groups attached to an aromatic ring is 1. The van der Waals surface area contributed by atoms with E-state index in [0.29, 0.717) is 25.8 Å². The second kappa shape index (κ2) is 16.1. The third-order valence-corrected chi connectivity index (χ3v) is 6.77. The van der Waals surface area contributed by atoms with Gasteiger partial charge in [-0.2, -0.15) is 4.79 Å². The SMILES string of the molecule is NCCCC[C@H](NC(=O)[C@H](C=C=O)NC1CCCCC1)C(=O)N[C@@H](Cc1ccccc1)C(=O)Nn1cc(N)nn1. The summed E-state index contributed by atoms with van der Waals surface area (Å²) in [4.78, 5) is 52.1. The highest BCUT2D eigenvalue weighted by atomic mass is 16.2. The topological polar surface area (TPSA) is 199 Å². The van der Waals surface area contributed by atoms with Crippen molar-refractivity contribution >= 4 is 29.5 Å². The Kier molecular flexibility index (Phi) is 12.3. The highest BCUT2D eigenvalue weighted by Crippen LogP contribution is 2.18. The zero-order chi connectivity index (χ0) is 28.7. The van der Waals surface area contributed by atoms with Crippen LogP contribution >= 0.6 is 0 Å². The van der Waals surface area contributed by atoms with Crippen molar-refractivity contribution in [2.45, 2.75) is 82.0 Å². The summed E-state index contributed by atoms with van der Waals surface area (Å²) in [5.41, 5.74) is 14.6. The van der Waals surface area contributed by atoms with Crippen molar-refractivity contribution < 1.29 is 19.2 Å². The zero-order valence-corrected chi connectivity index (χ0v) is 22.6. The van der Waals surface area contributed by atoms with Crippen molar-refractivity contribution in [1.29, 1.82) is 0 Å². The van der Waals surface area contributed by atoms with Gasteiger partial charge in [-0.1, -0.05) is 49.6 Å². The summed E-state index contributed by atoms with van der Waals surface area (Å²) in [5.74, 6) is 0.227. The molecule has 216 valence electrons.